The average molecular weight is 352 g/mol. The van der Waals surface area contributed by atoms with E-state index in [1.54, 1.807) is 19.2 Å². The zero-order valence-electron chi connectivity index (χ0n) is 14.2. The molecule has 0 fully saturated rings. The molecule has 0 spiro atoms. The van der Waals surface area contributed by atoms with E-state index in [0.29, 0.717) is 5.56 Å². The number of hydrogen-bond acceptors (Lipinski definition) is 3. The highest BCUT2D eigenvalue weighted by Gasteiger charge is 2.16. The number of sulfonamides is 1. The summed E-state index contributed by atoms with van der Waals surface area (Å²) in [6.45, 7) is 4.04. The van der Waals surface area contributed by atoms with Crippen LogP contribution in [-0.2, 0) is 16.6 Å². The first-order valence-electron chi connectivity index (χ1n) is 8.02. The number of rotatable bonds is 5. The summed E-state index contributed by atoms with van der Waals surface area (Å²) in [6, 6.07) is 17.8. The zero-order chi connectivity index (χ0) is 17.9. The molecule has 3 rings (SSSR count). The van der Waals surface area contributed by atoms with Crippen LogP contribution in [0.5, 0.6) is 0 Å². The lowest BCUT2D eigenvalue weighted by Crippen LogP contribution is -2.24. The van der Waals surface area contributed by atoms with Crippen molar-refractivity contribution in [1.82, 2.24) is 9.71 Å². The Bertz CT molecular complexity index is 981. The Morgan fingerprint density at radius 1 is 0.960 bits per heavy atom. The molecule has 128 valence electrons. The first kappa shape index (κ1) is 17.3. The third kappa shape index (κ3) is 4.13. The molecule has 1 N–H and O–H groups in total. The summed E-state index contributed by atoms with van der Waals surface area (Å²) in [7, 11) is -3.58. The zero-order valence-corrected chi connectivity index (χ0v) is 15.0. The number of aromatic nitrogens is 1. The third-order valence-corrected chi connectivity index (χ3v) is 5.59. The van der Waals surface area contributed by atoms with Gasteiger partial charge in [0, 0.05) is 18.9 Å². The van der Waals surface area contributed by atoms with Gasteiger partial charge in [0.1, 0.15) is 4.90 Å². The summed E-state index contributed by atoms with van der Waals surface area (Å²) in [5.41, 5.74) is 4.96. The van der Waals surface area contributed by atoms with E-state index in [0.717, 1.165) is 16.7 Å². The maximum absolute atomic E-state index is 12.5. The lowest BCUT2D eigenvalue weighted by atomic mass is 10.0. The Morgan fingerprint density at radius 2 is 1.72 bits per heavy atom. The molecular formula is C20H20N2O2S. The van der Waals surface area contributed by atoms with E-state index in [1.165, 1.54) is 11.8 Å². The molecule has 4 nitrogen and oxygen atoms in total. The normalized spacial score (nSPS) is 11.4. The summed E-state index contributed by atoms with van der Waals surface area (Å²) in [4.78, 5) is 4.12. The molecule has 2 aromatic carbocycles. The Labute approximate surface area is 148 Å². The fraction of sp³-hybridized carbons (Fsp3) is 0.150. The van der Waals surface area contributed by atoms with Crippen LogP contribution in [0.25, 0.3) is 11.1 Å². The average Bonchev–Trinajstić information content (AvgIpc) is 2.61. The smallest absolute Gasteiger partial charge is 0.242 e. The molecule has 0 atom stereocenters. The van der Waals surface area contributed by atoms with Crippen molar-refractivity contribution in [3.05, 3.63) is 83.7 Å². The Hall–Kier alpha value is -2.50. The first-order valence-corrected chi connectivity index (χ1v) is 9.50. The van der Waals surface area contributed by atoms with Crippen molar-refractivity contribution in [2.75, 3.05) is 0 Å². The lowest BCUT2D eigenvalue weighted by molar-refractivity contribution is 0.580. The van der Waals surface area contributed by atoms with Gasteiger partial charge in [-0.3, -0.25) is 4.98 Å². The van der Waals surface area contributed by atoms with Gasteiger partial charge in [-0.05, 0) is 48.2 Å². The van der Waals surface area contributed by atoms with Gasteiger partial charge in [0.2, 0.25) is 10.0 Å². The van der Waals surface area contributed by atoms with Crippen LogP contribution in [0.3, 0.4) is 0 Å². The van der Waals surface area contributed by atoms with Crippen molar-refractivity contribution in [2.24, 2.45) is 0 Å². The highest BCUT2D eigenvalue weighted by Crippen LogP contribution is 2.21. The Kier molecular flexibility index (Phi) is 4.97. The van der Waals surface area contributed by atoms with Crippen molar-refractivity contribution in [3.8, 4) is 11.1 Å². The molecule has 5 heteroatoms. The second-order valence-electron chi connectivity index (χ2n) is 6.03. The molecule has 0 unspecified atom stereocenters. The predicted octanol–water partition coefficient (Wildman–Crippen LogP) is 3.84. The van der Waals surface area contributed by atoms with E-state index in [-0.39, 0.29) is 11.4 Å². The van der Waals surface area contributed by atoms with Crippen molar-refractivity contribution >= 4 is 10.0 Å². The summed E-state index contributed by atoms with van der Waals surface area (Å²) in [6.07, 6.45) is 2.96. The van der Waals surface area contributed by atoms with E-state index < -0.39 is 10.0 Å². The van der Waals surface area contributed by atoms with Gasteiger partial charge in [-0.1, -0.05) is 48.0 Å². The van der Waals surface area contributed by atoms with Gasteiger partial charge in [0.15, 0.2) is 0 Å². The highest BCUT2D eigenvalue weighted by molar-refractivity contribution is 7.89. The quantitative estimate of drug-likeness (QED) is 0.759. The van der Waals surface area contributed by atoms with E-state index in [4.69, 9.17) is 0 Å². The Morgan fingerprint density at radius 3 is 2.44 bits per heavy atom. The first-order chi connectivity index (χ1) is 12.0. The molecule has 0 aliphatic heterocycles. The number of benzene rings is 2. The number of nitrogens with zero attached hydrogens (tertiary/aromatic N) is 1. The molecular weight excluding hydrogens is 332 g/mol. The molecule has 25 heavy (non-hydrogen) atoms. The van der Waals surface area contributed by atoms with Crippen LogP contribution < -0.4 is 4.72 Å². The topological polar surface area (TPSA) is 59.1 Å². The van der Waals surface area contributed by atoms with Gasteiger partial charge >= 0.3 is 0 Å². The van der Waals surface area contributed by atoms with Gasteiger partial charge in [0.25, 0.3) is 0 Å². The van der Waals surface area contributed by atoms with Crippen LogP contribution in [-0.4, -0.2) is 13.4 Å². The highest BCUT2D eigenvalue weighted by atomic mass is 32.2. The molecule has 1 heterocycles. The number of hydrogen-bond donors (Lipinski definition) is 1. The fourth-order valence-electron chi connectivity index (χ4n) is 2.59. The molecule has 0 saturated heterocycles. The van der Waals surface area contributed by atoms with Gasteiger partial charge in [-0.2, -0.15) is 0 Å². The van der Waals surface area contributed by atoms with Gasteiger partial charge < -0.3 is 0 Å². The molecule has 0 bridgehead atoms. The van der Waals surface area contributed by atoms with Crippen molar-refractivity contribution in [2.45, 2.75) is 25.3 Å². The van der Waals surface area contributed by atoms with E-state index in [1.807, 2.05) is 24.3 Å². The minimum Gasteiger partial charge on any atom is -0.263 e. The van der Waals surface area contributed by atoms with E-state index >= 15 is 0 Å². The molecule has 1 aromatic heterocycles. The lowest BCUT2D eigenvalue weighted by Gasteiger charge is -2.10. The van der Waals surface area contributed by atoms with Crippen molar-refractivity contribution in [3.63, 3.8) is 0 Å². The van der Waals surface area contributed by atoms with Crippen LogP contribution in [0.1, 0.15) is 16.7 Å². The third-order valence-electron chi connectivity index (χ3n) is 4.06. The molecule has 3 aromatic rings. The van der Waals surface area contributed by atoms with Crippen LogP contribution in [0.4, 0.5) is 0 Å². The largest absolute Gasteiger partial charge is 0.263 e. The van der Waals surface area contributed by atoms with Crippen LogP contribution in [0, 0.1) is 13.8 Å². The van der Waals surface area contributed by atoms with Crippen molar-refractivity contribution < 1.29 is 8.42 Å². The van der Waals surface area contributed by atoms with E-state index in [9.17, 15) is 8.42 Å². The summed E-state index contributed by atoms with van der Waals surface area (Å²) < 4.78 is 27.6. The summed E-state index contributed by atoms with van der Waals surface area (Å²) in [5, 5.41) is 0. The Balaban J connectivity index is 1.79. The van der Waals surface area contributed by atoms with E-state index in [2.05, 4.69) is 40.9 Å². The van der Waals surface area contributed by atoms with Gasteiger partial charge in [-0.25, -0.2) is 13.1 Å². The van der Waals surface area contributed by atoms with Gasteiger partial charge in [0.05, 0.1) is 0 Å². The molecule has 0 amide bonds. The number of nitrogens with one attached hydrogen (secondary N) is 1. The van der Waals surface area contributed by atoms with Gasteiger partial charge in [-0.15, -0.1) is 0 Å². The summed E-state index contributed by atoms with van der Waals surface area (Å²) >= 11 is 0. The second kappa shape index (κ2) is 7.17. The number of pyridine rings is 1. The number of aryl methyl sites for hydroxylation is 2. The fourth-order valence-corrected chi connectivity index (χ4v) is 3.80. The van der Waals surface area contributed by atoms with Crippen LogP contribution in [0.2, 0.25) is 0 Å². The molecule has 0 aliphatic carbocycles. The predicted molar refractivity (Wildman–Crippen MR) is 99.6 cm³/mol. The van der Waals surface area contributed by atoms with Crippen molar-refractivity contribution in [1.29, 1.82) is 0 Å². The van der Waals surface area contributed by atoms with Crippen LogP contribution >= 0.6 is 0 Å². The second-order valence-corrected chi connectivity index (χ2v) is 7.77. The SMILES string of the molecule is Cc1ccc(-c2cccc(CNS(=O)(=O)c3cnccc3C)c2)cc1. The minimum atomic E-state index is -3.58. The molecule has 0 saturated carbocycles. The minimum absolute atomic E-state index is 0.213. The summed E-state index contributed by atoms with van der Waals surface area (Å²) in [5.74, 6) is 0. The molecule has 0 radical (unpaired) electrons. The maximum Gasteiger partial charge on any atom is 0.242 e. The monoisotopic (exact) mass is 352 g/mol. The maximum atomic E-state index is 12.5. The standard InChI is InChI=1S/C20H20N2O2S/c1-15-6-8-18(9-7-15)19-5-3-4-17(12-19)13-22-25(23,24)20-14-21-11-10-16(20)2/h3-12,14,22H,13H2,1-2H3. The van der Waals surface area contributed by atoms with Crippen LogP contribution in [0.15, 0.2) is 71.9 Å². The molecule has 0 aliphatic rings.